The second kappa shape index (κ2) is 9.01. The highest BCUT2D eigenvalue weighted by molar-refractivity contribution is 7.89. The lowest BCUT2D eigenvalue weighted by Gasteiger charge is -2.09. The maximum Gasteiger partial charge on any atom is 0.338 e. The first-order valence-corrected chi connectivity index (χ1v) is 10.4. The van der Waals surface area contributed by atoms with Crippen molar-refractivity contribution in [3.63, 3.8) is 0 Å². The third-order valence-corrected chi connectivity index (χ3v) is 5.62. The number of ether oxygens (including phenoxy) is 1. The second-order valence-electron chi connectivity index (χ2n) is 6.04. The first-order chi connectivity index (χ1) is 13.4. The average molecular weight is 416 g/mol. The molecule has 0 unspecified atom stereocenters. The highest BCUT2D eigenvalue weighted by atomic mass is 35.5. The zero-order chi connectivity index (χ0) is 20.0. The molecule has 0 aliphatic carbocycles. The zero-order valence-corrected chi connectivity index (χ0v) is 16.4. The number of rotatable bonds is 7. The predicted octanol–water partition coefficient (Wildman–Crippen LogP) is 4.18. The van der Waals surface area contributed by atoms with Gasteiger partial charge >= 0.3 is 5.97 Å². The lowest BCUT2D eigenvalue weighted by Crippen LogP contribution is -2.23. The van der Waals surface area contributed by atoms with Crippen molar-refractivity contribution in [2.24, 2.45) is 0 Å². The van der Waals surface area contributed by atoms with Crippen molar-refractivity contribution in [3.05, 3.63) is 101 Å². The van der Waals surface area contributed by atoms with Crippen molar-refractivity contribution in [2.75, 3.05) is 0 Å². The maximum absolute atomic E-state index is 12.5. The van der Waals surface area contributed by atoms with Gasteiger partial charge in [-0.1, -0.05) is 60.1 Å². The molecule has 1 N–H and O–H groups in total. The van der Waals surface area contributed by atoms with E-state index in [1.165, 1.54) is 24.3 Å². The summed E-state index contributed by atoms with van der Waals surface area (Å²) in [5, 5.41) is 0.594. The van der Waals surface area contributed by atoms with E-state index in [-0.39, 0.29) is 23.6 Å². The van der Waals surface area contributed by atoms with Crippen LogP contribution >= 0.6 is 11.6 Å². The van der Waals surface area contributed by atoms with Crippen LogP contribution in [0.1, 0.15) is 21.5 Å². The minimum absolute atomic E-state index is 0.00405. The van der Waals surface area contributed by atoms with Gasteiger partial charge in [0, 0.05) is 11.6 Å². The van der Waals surface area contributed by atoms with Gasteiger partial charge in [0.05, 0.1) is 10.5 Å². The van der Waals surface area contributed by atoms with Gasteiger partial charge in [-0.15, -0.1) is 0 Å². The Bertz CT molecular complexity index is 1050. The number of carbonyl (C=O) groups is 1. The smallest absolute Gasteiger partial charge is 0.338 e. The van der Waals surface area contributed by atoms with Crippen LogP contribution in [0.2, 0.25) is 5.02 Å². The molecule has 0 aliphatic rings. The van der Waals surface area contributed by atoms with E-state index in [1.807, 2.05) is 30.3 Å². The molecule has 28 heavy (non-hydrogen) atoms. The van der Waals surface area contributed by atoms with Gasteiger partial charge in [-0.05, 0) is 41.5 Å². The van der Waals surface area contributed by atoms with Gasteiger partial charge in [0.25, 0.3) is 0 Å². The Labute approximate surface area is 169 Å². The molecule has 0 amide bonds. The molecule has 0 heterocycles. The molecule has 0 atom stereocenters. The summed E-state index contributed by atoms with van der Waals surface area (Å²) < 4.78 is 32.8. The maximum atomic E-state index is 12.5. The molecule has 7 heteroatoms. The van der Waals surface area contributed by atoms with Crippen molar-refractivity contribution < 1.29 is 17.9 Å². The Morgan fingerprint density at radius 2 is 1.61 bits per heavy atom. The van der Waals surface area contributed by atoms with Crippen LogP contribution in [-0.4, -0.2) is 14.4 Å². The number of halogens is 1. The van der Waals surface area contributed by atoms with Crippen molar-refractivity contribution in [3.8, 4) is 0 Å². The third-order valence-electron chi connectivity index (χ3n) is 3.97. The SMILES string of the molecule is O=C(OCc1ccc(Cl)cc1)c1cccc(S(=O)(=O)NCc2ccccc2)c1. The number of hydrogen-bond donors (Lipinski definition) is 1. The summed E-state index contributed by atoms with van der Waals surface area (Å²) in [7, 11) is -3.76. The van der Waals surface area contributed by atoms with E-state index in [0.29, 0.717) is 5.02 Å². The Kier molecular flexibility index (Phi) is 6.46. The summed E-state index contributed by atoms with van der Waals surface area (Å²) in [6.07, 6.45) is 0. The minimum atomic E-state index is -3.76. The number of carbonyl (C=O) groups excluding carboxylic acids is 1. The van der Waals surface area contributed by atoms with Crippen molar-refractivity contribution >= 4 is 27.6 Å². The molecular weight excluding hydrogens is 398 g/mol. The van der Waals surface area contributed by atoms with E-state index < -0.39 is 16.0 Å². The fourth-order valence-corrected chi connectivity index (χ4v) is 3.65. The third kappa shape index (κ3) is 5.42. The summed E-state index contributed by atoms with van der Waals surface area (Å²) in [5.74, 6) is -0.602. The highest BCUT2D eigenvalue weighted by Gasteiger charge is 2.17. The van der Waals surface area contributed by atoms with Crippen LogP contribution in [0.5, 0.6) is 0 Å². The van der Waals surface area contributed by atoms with Crippen LogP contribution < -0.4 is 4.72 Å². The molecular formula is C21H18ClNO4S. The number of esters is 1. The van der Waals surface area contributed by atoms with E-state index in [1.54, 1.807) is 24.3 Å². The van der Waals surface area contributed by atoms with E-state index in [4.69, 9.17) is 16.3 Å². The molecule has 5 nitrogen and oxygen atoms in total. The Morgan fingerprint density at radius 3 is 2.32 bits per heavy atom. The number of benzene rings is 3. The van der Waals surface area contributed by atoms with E-state index in [2.05, 4.69) is 4.72 Å². The van der Waals surface area contributed by atoms with Crippen LogP contribution in [-0.2, 0) is 27.9 Å². The van der Waals surface area contributed by atoms with E-state index >= 15 is 0 Å². The molecule has 3 rings (SSSR count). The molecule has 0 spiro atoms. The fraction of sp³-hybridized carbons (Fsp3) is 0.0952. The standard InChI is InChI=1S/C21H18ClNO4S/c22-19-11-9-17(10-12-19)15-27-21(24)18-7-4-8-20(13-18)28(25,26)23-14-16-5-2-1-3-6-16/h1-13,23H,14-15H2. The summed E-state index contributed by atoms with van der Waals surface area (Å²) in [6, 6.07) is 21.9. The Hall–Kier alpha value is -2.67. The van der Waals surface area contributed by atoms with Gasteiger partial charge < -0.3 is 4.74 Å². The normalized spacial score (nSPS) is 11.2. The van der Waals surface area contributed by atoms with Crippen LogP contribution in [0.15, 0.2) is 83.8 Å². The first-order valence-electron chi connectivity index (χ1n) is 8.49. The van der Waals surface area contributed by atoms with Crippen molar-refractivity contribution in [2.45, 2.75) is 18.0 Å². The van der Waals surface area contributed by atoms with Crippen LogP contribution in [0.3, 0.4) is 0 Å². The largest absolute Gasteiger partial charge is 0.457 e. The summed E-state index contributed by atoms with van der Waals surface area (Å²) in [5.41, 5.74) is 1.78. The second-order valence-corrected chi connectivity index (χ2v) is 8.24. The molecule has 0 fully saturated rings. The lowest BCUT2D eigenvalue weighted by molar-refractivity contribution is 0.0472. The van der Waals surface area contributed by atoms with E-state index in [0.717, 1.165) is 11.1 Å². The van der Waals surface area contributed by atoms with Gasteiger partial charge in [0.2, 0.25) is 10.0 Å². The molecule has 0 saturated heterocycles. The van der Waals surface area contributed by atoms with Gasteiger partial charge in [0.1, 0.15) is 6.61 Å². The highest BCUT2D eigenvalue weighted by Crippen LogP contribution is 2.15. The molecule has 0 aromatic heterocycles. The molecule has 0 radical (unpaired) electrons. The van der Waals surface area contributed by atoms with Gasteiger partial charge in [-0.3, -0.25) is 0 Å². The Balaban J connectivity index is 1.66. The monoisotopic (exact) mass is 415 g/mol. The first kappa shape index (κ1) is 20.1. The van der Waals surface area contributed by atoms with Crippen molar-refractivity contribution in [1.82, 2.24) is 4.72 Å². The summed E-state index contributed by atoms with van der Waals surface area (Å²) >= 11 is 5.82. The molecule has 3 aromatic rings. The van der Waals surface area contributed by atoms with Crippen molar-refractivity contribution in [1.29, 1.82) is 0 Å². The minimum Gasteiger partial charge on any atom is -0.457 e. The topological polar surface area (TPSA) is 72.5 Å². The lowest BCUT2D eigenvalue weighted by atomic mass is 10.2. The van der Waals surface area contributed by atoms with Crippen LogP contribution in [0.25, 0.3) is 0 Å². The summed E-state index contributed by atoms with van der Waals surface area (Å²) in [6.45, 7) is 0.230. The van der Waals surface area contributed by atoms with Gasteiger partial charge in [-0.2, -0.15) is 0 Å². The number of nitrogens with one attached hydrogen (secondary N) is 1. The number of sulfonamides is 1. The average Bonchev–Trinajstić information content (AvgIpc) is 2.72. The van der Waals surface area contributed by atoms with Crippen LogP contribution in [0.4, 0.5) is 0 Å². The molecule has 0 aliphatic heterocycles. The zero-order valence-electron chi connectivity index (χ0n) is 14.8. The molecule has 3 aromatic carbocycles. The molecule has 144 valence electrons. The molecule has 0 bridgehead atoms. The van der Waals surface area contributed by atoms with E-state index in [9.17, 15) is 13.2 Å². The van der Waals surface area contributed by atoms with Crippen LogP contribution in [0, 0.1) is 0 Å². The fourth-order valence-electron chi connectivity index (χ4n) is 2.46. The quantitative estimate of drug-likeness (QED) is 0.587. The predicted molar refractivity (Wildman–Crippen MR) is 107 cm³/mol. The van der Waals surface area contributed by atoms with Gasteiger partial charge in [0.15, 0.2) is 0 Å². The Morgan fingerprint density at radius 1 is 0.893 bits per heavy atom. The molecule has 0 saturated carbocycles. The summed E-state index contributed by atoms with van der Waals surface area (Å²) in [4.78, 5) is 12.3. The number of hydrogen-bond acceptors (Lipinski definition) is 4. The van der Waals surface area contributed by atoms with Gasteiger partial charge in [-0.25, -0.2) is 17.9 Å².